The van der Waals surface area contributed by atoms with Crippen LogP contribution in [-0.4, -0.2) is 36.1 Å². The zero-order chi connectivity index (χ0) is 24.3. The average Bonchev–Trinajstić information content (AvgIpc) is 3.27. The molecule has 1 aromatic heterocycles. The lowest BCUT2D eigenvalue weighted by Crippen LogP contribution is -2.43. The Morgan fingerprint density at radius 1 is 1.00 bits per heavy atom. The largest absolute Gasteiger partial charge is 0.354 e. The minimum atomic E-state index is -0.392. The van der Waals surface area contributed by atoms with Gasteiger partial charge in [-0.1, -0.05) is 39.8 Å². The van der Waals surface area contributed by atoms with Crippen LogP contribution in [0, 0.1) is 5.41 Å². The number of fused-ring (bicyclic) bond motifs is 1. The Kier molecular flexibility index (Phi) is 6.72. The number of hydrogen-bond donors (Lipinski definition) is 3. The number of nitrogens with one attached hydrogen (secondary N) is 3. The average molecular weight is 460 g/mol. The van der Waals surface area contributed by atoms with Crippen molar-refractivity contribution in [2.24, 2.45) is 5.41 Å². The minimum Gasteiger partial charge on any atom is -0.354 e. The van der Waals surface area contributed by atoms with Crippen molar-refractivity contribution in [3.05, 3.63) is 60.2 Å². The summed E-state index contributed by atoms with van der Waals surface area (Å²) >= 11 is 0. The molecular formula is C27H33N5O2. The summed E-state index contributed by atoms with van der Waals surface area (Å²) in [6.07, 6.45) is 1.87. The van der Waals surface area contributed by atoms with Crippen molar-refractivity contribution in [1.29, 1.82) is 0 Å². The second-order valence-corrected chi connectivity index (χ2v) is 9.86. The lowest BCUT2D eigenvalue weighted by Gasteiger charge is -2.22. The molecule has 3 N–H and O–H groups in total. The molecule has 1 unspecified atom stereocenters. The molecule has 4 rings (SSSR count). The van der Waals surface area contributed by atoms with Crippen LogP contribution in [-0.2, 0) is 11.2 Å². The summed E-state index contributed by atoms with van der Waals surface area (Å²) in [6.45, 7) is 9.48. The molecule has 1 aliphatic rings. The molecule has 178 valence electrons. The standard InChI is InChI=1S/C27H33N5O2/c1-5-18-6-9-20(10-7-18)29-26(34)30-21-11-12-23-19(16-21)8-13-24(31-23)32-15-14-22(17-32)28-25(33)27(2,3)4/h6-13,16,22H,5,14-15,17H2,1-4H3,(H,28,33)(H2,29,30,34). The van der Waals surface area contributed by atoms with Crippen molar-refractivity contribution < 1.29 is 9.59 Å². The molecular weight excluding hydrogens is 426 g/mol. The van der Waals surface area contributed by atoms with Crippen LogP contribution in [0.15, 0.2) is 54.6 Å². The van der Waals surface area contributed by atoms with E-state index >= 15 is 0 Å². The minimum absolute atomic E-state index is 0.0767. The maximum Gasteiger partial charge on any atom is 0.323 e. The van der Waals surface area contributed by atoms with E-state index in [9.17, 15) is 9.59 Å². The molecule has 2 heterocycles. The predicted molar refractivity (Wildman–Crippen MR) is 138 cm³/mol. The van der Waals surface area contributed by atoms with Crippen molar-refractivity contribution in [2.45, 2.75) is 46.6 Å². The first-order chi connectivity index (χ1) is 16.2. The van der Waals surface area contributed by atoms with Gasteiger partial charge in [-0.3, -0.25) is 4.79 Å². The van der Waals surface area contributed by atoms with E-state index < -0.39 is 5.41 Å². The molecule has 34 heavy (non-hydrogen) atoms. The van der Waals surface area contributed by atoms with Crippen LogP contribution in [0.3, 0.4) is 0 Å². The molecule has 1 saturated heterocycles. The summed E-state index contributed by atoms with van der Waals surface area (Å²) in [5.41, 5.74) is 3.16. The number of urea groups is 1. The first kappa shape index (κ1) is 23.5. The fourth-order valence-corrected chi connectivity index (χ4v) is 3.97. The van der Waals surface area contributed by atoms with Gasteiger partial charge in [-0.15, -0.1) is 0 Å². The quantitative estimate of drug-likeness (QED) is 0.491. The first-order valence-corrected chi connectivity index (χ1v) is 11.8. The van der Waals surface area contributed by atoms with E-state index in [1.807, 2.05) is 75.4 Å². The molecule has 1 fully saturated rings. The monoisotopic (exact) mass is 459 g/mol. The van der Waals surface area contributed by atoms with E-state index in [2.05, 4.69) is 27.8 Å². The number of hydrogen-bond acceptors (Lipinski definition) is 4. The topological polar surface area (TPSA) is 86.4 Å². The summed E-state index contributed by atoms with van der Waals surface area (Å²) in [4.78, 5) is 31.7. The Labute approximate surface area is 200 Å². The molecule has 7 heteroatoms. The predicted octanol–water partition coefficient (Wildman–Crippen LogP) is 5.18. The molecule has 1 atom stereocenters. The van der Waals surface area contributed by atoms with Crippen LogP contribution >= 0.6 is 0 Å². The van der Waals surface area contributed by atoms with E-state index in [-0.39, 0.29) is 18.0 Å². The Morgan fingerprint density at radius 2 is 1.71 bits per heavy atom. The fraction of sp³-hybridized carbons (Fsp3) is 0.370. The normalized spacial score (nSPS) is 15.9. The summed E-state index contributed by atoms with van der Waals surface area (Å²) in [6, 6.07) is 17.4. The maximum absolute atomic E-state index is 12.4. The van der Waals surface area contributed by atoms with Gasteiger partial charge in [0.05, 0.1) is 5.52 Å². The molecule has 0 aliphatic carbocycles. The Balaban J connectivity index is 1.38. The molecule has 3 aromatic rings. The number of benzene rings is 2. The highest BCUT2D eigenvalue weighted by Crippen LogP contribution is 2.25. The third kappa shape index (κ3) is 5.65. The van der Waals surface area contributed by atoms with Gasteiger partial charge >= 0.3 is 6.03 Å². The number of rotatable bonds is 5. The highest BCUT2D eigenvalue weighted by atomic mass is 16.2. The third-order valence-electron chi connectivity index (χ3n) is 6.08. The zero-order valence-electron chi connectivity index (χ0n) is 20.3. The Morgan fingerprint density at radius 3 is 2.41 bits per heavy atom. The number of anilines is 3. The van der Waals surface area contributed by atoms with E-state index in [1.54, 1.807) is 0 Å². The van der Waals surface area contributed by atoms with Crippen LogP contribution < -0.4 is 20.9 Å². The second kappa shape index (κ2) is 9.71. The molecule has 1 aliphatic heterocycles. The molecule has 7 nitrogen and oxygen atoms in total. The molecule has 0 bridgehead atoms. The SMILES string of the molecule is CCc1ccc(NC(=O)Nc2ccc3nc(N4CCC(NC(=O)C(C)(C)C)C4)ccc3c2)cc1. The van der Waals surface area contributed by atoms with Gasteiger partial charge in [-0.25, -0.2) is 9.78 Å². The molecule has 0 spiro atoms. The summed E-state index contributed by atoms with van der Waals surface area (Å²) in [5, 5.41) is 9.85. The number of nitrogens with zero attached hydrogens (tertiary/aromatic N) is 2. The lowest BCUT2D eigenvalue weighted by atomic mass is 9.95. The van der Waals surface area contributed by atoms with Gasteiger partial charge in [0.2, 0.25) is 5.91 Å². The second-order valence-electron chi connectivity index (χ2n) is 9.86. The smallest absolute Gasteiger partial charge is 0.323 e. The van der Waals surface area contributed by atoms with Gasteiger partial charge in [0.25, 0.3) is 0 Å². The number of aryl methyl sites for hydroxylation is 1. The lowest BCUT2D eigenvalue weighted by molar-refractivity contribution is -0.129. The highest BCUT2D eigenvalue weighted by Gasteiger charge is 2.29. The van der Waals surface area contributed by atoms with Gasteiger partial charge in [-0.2, -0.15) is 0 Å². The van der Waals surface area contributed by atoms with Crippen LogP contribution in [0.25, 0.3) is 10.9 Å². The molecule has 2 aromatic carbocycles. The number of aromatic nitrogens is 1. The number of pyridine rings is 1. The Hall–Kier alpha value is -3.61. The van der Waals surface area contributed by atoms with Crippen LogP contribution in [0.1, 0.15) is 39.7 Å². The summed E-state index contributed by atoms with van der Waals surface area (Å²) in [7, 11) is 0. The summed E-state index contributed by atoms with van der Waals surface area (Å²) in [5.74, 6) is 0.974. The number of amides is 3. The maximum atomic E-state index is 12.4. The van der Waals surface area contributed by atoms with Gasteiger partial charge in [-0.05, 0) is 60.9 Å². The Bertz CT molecular complexity index is 1180. The van der Waals surface area contributed by atoms with E-state index in [4.69, 9.17) is 4.98 Å². The molecule has 3 amide bonds. The van der Waals surface area contributed by atoms with Gasteiger partial charge in [0.15, 0.2) is 0 Å². The zero-order valence-corrected chi connectivity index (χ0v) is 20.3. The highest BCUT2D eigenvalue weighted by molar-refractivity contribution is 6.01. The van der Waals surface area contributed by atoms with E-state index in [0.717, 1.165) is 48.3 Å². The fourth-order valence-electron chi connectivity index (χ4n) is 3.97. The van der Waals surface area contributed by atoms with Gasteiger partial charge in [0, 0.05) is 41.3 Å². The molecule has 0 radical (unpaired) electrons. The number of carbonyl (C=O) groups excluding carboxylic acids is 2. The van der Waals surface area contributed by atoms with E-state index in [0.29, 0.717) is 5.69 Å². The van der Waals surface area contributed by atoms with Crippen molar-refractivity contribution >= 4 is 40.0 Å². The van der Waals surface area contributed by atoms with Crippen molar-refractivity contribution in [1.82, 2.24) is 10.3 Å². The number of carbonyl (C=O) groups is 2. The van der Waals surface area contributed by atoms with Crippen molar-refractivity contribution in [3.63, 3.8) is 0 Å². The van der Waals surface area contributed by atoms with Crippen molar-refractivity contribution in [2.75, 3.05) is 28.6 Å². The molecule has 0 saturated carbocycles. The first-order valence-electron chi connectivity index (χ1n) is 11.8. The van der Waals surface area contributed by atoms with Crippen molar-refractivity contribution in [3.8, 4) is 0 Å². The van der Waals surface area contributed by atoms with Gasteiger partial charge in [0.1, 0.15) is 5.82 Å². The summed E-state index contributed by atoms with van der Waals surface area (Å²) < 4.78 is 0. The third-order valence-corrected chi connectivity index (χ3v) is 6.08. The van der Waals surface area contributed by atoms with Crippen LogP contribution in [0.2, 0.25) is 0 Å². The van der Waals surface area contributed by atoms with Crippen LogP contribution in [0.4, 0.5) is 22.0 Å². The van der Waals surface area contributed by atoms with Crippen LogP contribution in [0.5, 0.6) is 0 Å². The van der Waals surface area contributed by atoms with E-state index in [1.165, 1.54) is 5.56 Å². The van der Waals surface area contributed by atoms with Gasteiger partial charge < -0.3 is 20.9 Å².